The summed E-state index contributed by atoms with van der Waals surface area (Å²) in [4.78, 5) is 32.7. The summed E-state index contributed by atoms with van der Waals surface area (Å²) < 4.78 is 20.1. The Kier molecular flexibility index (Phi) is 8.15. The van der Waals surface area contributed by atoms with E-state index in [-0.39, 0.29) is 11.4 Å². The Hall–Kier alpha value is -4.59. The second kappa shape index (κ2) is 12.1. The van der Waals surface area contributed by atoms with Crippen molar-refractivity contribution in [3.05, 3.63) is 128 Å². The number of hydrogen-bond acceptors (Lipinski definition) is 5. The molecule has 0 radical (unpaired) electrons. The Bertz CT molecular complexity index is 1730. The fourth-order valence-corrected chi connectivity index (χ4v) is 4.98. The zero-order chi connectivity index (χ0) is 28.1. The maximum atomic E-state index is 13.8. The minimum Gasteiger partial charge on any atom is -0.296 e. The first kappa shape index (κ1) is 27.0. The zero-order valence-corrected chi connectivity index (χ0v) is 22.6. The van der Waals surface area contributed by atoms with Crippen LogP contribution in [0.1, 0.15) is 48.0 Å². The molecule has 1 N–H and O–H groups in total. The first-order valence-electron chi connectivity index (χ1n) is 13.5. The summed E-state index contributed by atoms with van der Waals surface area (Å²) in [7, 11) is 0. The van der Waals surface area contributed by atoms with Gasteiger partial charge in [0.25, 0.3) is 5.56 Å². The molecule has 0 saturated heterocycles. The van der Waals surface area contributed by atoms with Gasteiger partial charge in [0.2, 0.25) is 0 Å². The average Bonchev–Trinajstić information content (AvgIpc) is 3.40. The lowest BCUT2D eigenvalue weighted by molar-refractivity contribution is 0.388. The maximum absolute atomic E-state index is 13.8. The Morgan fingerprint density at radius 2 is 1.70 bits per heavy atom. The molecule has 3 aromatic carbocycles. The highest BCUT2D eigenvalue weighted by atomic mass is 19.1. The number of halogens is 1. The van der Waals surface area contributed by atoms with E-state index in [2.05, 4.69) is 17.1 Å². The first-order valence-corrected chi connectivity index (χ1v) is 13.5. The lowest BCUT2D eigenvalue weighted by Gasteiger charge is -2.16. The highest BCUT2D eigenvalue weighted by Gasteiger charge is 2.16. The molecule has 0 unspecified atom stereocenters. The highest BCUT2D eigenvalue weighted by Crippen LogP contribution is 2.30. The van der Waals surface area contributed by atoms with Crippen LogP contribution in [0.25, 0.3) is 22.5 Å². The molecule has 2 heterocycles. The fraction of sp³-hybridized carbons (Fsp3) is 0.250. The Labute approximate surface area is 231 Å². The highest BCUT2D eigenvalue weighted by molar-refractivity contribution is 5.80. The van der Waals surface area contributed by atoms with E-state index in [0.717, 1.165) is 52.8 Å². The molecule has 2 aromatic heterocycles. The average molecular weight is 539 g/mol. The lowest BCUT2D eigenvalue weighted by atomic mass is 9.96. The monoisotopic (exact) mass is 538 g/mol. The molecule has 0 atom stereocenters. The Morgan fingerprint density at radius 3 is 2.40 bits per heavy atom. The van der Waals surface area contributed by atoms with E-state index < -0.39 is 5.76 Å². The van der Waals surface area contributed by atoms with Crippen LogP contribution in [0.4, 0.5) is 4.39 Å². The molecule has 0 aliphatic heterocycles. The third-order valence-electron chi connectivity index (χ3n) is 7.09. The van der Waals surface area contributed by atoms with Crippen LogP contribution < -0.4 is 11.3 Å². The van der Waals surface area contributed by atoms with Gasteiger partial charge in [-0.05, 0) is 60.6 Å². The van der Waals surface area contributed by atoms with Crippen molar-refractivity contribution in [3.63, 3.8) is 0 Å². The van der Waals surface area contributed by atoms with Crippen LogP contribution in [0.15, 0.2) is 86.9 Å². The zero-order valence-electron chi connectivity index (χ0n) is 22.6. The molecule has 0 amide bonds. The van der Waals surface area contributed by atoms with Crippen LogP contribution >= 0.6 is 0 Å². The van der Waals surface area contributed by atoms with Crippen LogP contribution in [0.2, 0.25) is 0 Å². The van der Waals surface area contributed by atoms with Crippen molar-refractivity contribution >= 4 is 0 Å². The van der Waals surface area contributed by atoms with Crippen molar-refractivity contribution in [1.29, 1.82) is 0 Å². The molecule has 0 aliphatic carbocycles. The van der Waals surface area contributed by atoms with Crippen molar-refractivity contribution in [1.82, 2.24) is 19.7 Å². The summed E-state index contributed by atoms with van der Waals surface area (Å²) >= 11 is 0. The molecule has 204 valence electrons. The van der Waals surface area contributed by atoms with E-state index in [9.17, 15) is 14.0 Å². The molecule has 0 aliphatic rings. The normalized spacial score (nSPS) is 11.2. The summed E-state index contributed by atoms with van der Waals surface area (Å²) in [6.07, 6.45) is 3.70. The number of aromatic nitrogens is 4. The van der Waals surface area contributed by atoms with Crippen molar-refractivity contribution in [2.24, 2.45) is 0 Å². The molecule has 5 rings (SSSR count). The third kappa shape index (κ3) is 6.01. The van der Waals surface area contributed by atoms with Gasteiger partial charge in [0, 0.05) is 24.1 Å². The largest absolute Gasteiger partial charge is 0.439 e. The summed E-state index contributed by atoms with van der Waals surface area (Å²) in [5.74, 6) is 0.159. The maximum Gasteiger partial charge on any atom is 0.439 e. The van der Waals surface area contributed by atoms with Crippen molar-refractivity contribution in [2.45, 2.75) is 52.5 Å². The molecule has 0 bridgehead atoms. The number of unbranched alkanes of at least 4 members (excludes halogenated alkanes) is 1. The number of rotatable bonds is 10. The van der Waals surface area contributed by atoms with Gasteiger partial charge in [0.1, 0.15) is 11.6 Å². The number of aryl methyl sites for hydroxylation is 3. The van der Waals surface area contributed by atoms with Crippen LogP contribution in [-0.4, -0.2) is 19.7 Å². The van der Waals surface area contributed by atoms with Gasteiger partial charge in [-0.3, -0.25) is 18.9 Å². The number of benzene rings is 3. The van der Waals surface area contributed by atoms with Gasteiger partial charge in [-0.1, -0.05) is 79.2 Å². The molecule has 7 nitrogen and oxygen atoms in total. The van der Waals surface area contributed by atoms with Crippen molar-refractivity contribution in [2.75, 3.05) is 0 Å². The molecular formula is C32H31FN4O3. The van der Waals surface area contributed by atoms with Crippen LogP contribution in [0.3, 0.4) is 0 Å². The lowest BCUT2D eigenvalue weighted by Crippen LogP contribution is -2.30. The molecule has 0 saturated carbocycles. The Balaban J connectivity index is 1.44. The van der Waals surface area contributed by atoms with E-state index in [0.29, 0.717) is 36.6 Å². The third-order valence-corrected chi connectivity index (χ3v) is 7.09. The minimum absolute atomic E-state index is 0.0422. The van der Waals surface area contributed by atoms with Gasteiger partial charge in [0.05, 0.1) is 5.69 Å². The van der Waals surface area contributed by atoms with Gasteiger partial charge in [-0.2, -0.15) is 0 Å². The molecule has 5 aromatic rings. The van der Waals surface area contributed by atoms with Gasteiger partial charge >= 0.3 is 5.76 Å². The second-order valence-electron chi connectivity index (χ2n) is 9.89. The number of hydrogen-bond donors (Lipinski definition) is 1. The Morgan fingerprint density at radius 1 is 0.925 bits per heavy atom. The van der Waals surface area contributed by atoms with E-state index in [1.54, 1.807) is 10.6 Å². The van der Waals surface area contributed by atoms with Crippen molar-refractivity contribution < 1.29 is 8.91 Å². The van der Waals surface area contributed by atoms with Crippen LogP contribution in [0, 0.1) is 12.7 Å². The van der Waals surface area contributed by atoms with Gasteiger partial charge < -0.3 is 0 Å². The quantitative estimate of drug-likeness (QED) is 0.240. The minimum atomic E-state index is -0.604. The predicted molar refractivity (Wildman–Crippen MR) is 153 cm³/mol. The van der Waals surface area contributed by atoms with Gasteiger partial charge in [-0.25, -0.2) is 14.2 Å². The number of aromatic amines is 1. The van der Waals surface area contributed by atoms with Crippen LogP contribution in [-0.2, 0) is 25.8 Å². The van der Waals surface area contributed by atoms with E-state index in [1.165, 1.54) is 12.1 Å². The SMILES string of the molecule is CCCCc1nc(C)n(CCc2cccc(F)c2)c(=O)c1Cc1ccc(-c2ccccc2-c2noc(=O)[nH]2)cc1. The van der Waals surface area contributed by atoms with Crippen molar-refractivity contribution in [3.8, 4) is 22.5 Å². The molecular weight excluding hydrogens is 507 g/mol. The molecule has 0 spiro atoms. The summed E-state index contributed by atoms with van der Waals surface area (Å²) in [6, 6.07) is 22.1. The van der Waals surface area contributed by atoms with Gasteiger partial charge in [0.15, 0.2) is 5.82 Å². The number of nitrogens with one attached hydrogen (secondary N) is 1. The first-order chi connectivity index (χ1) is 19.4. The number of H-pyrrole nitrogens is 1. The number of nitrogens with zero attached hydrogens (tertiary/aromatic N) is 3. The van der Waals surface area contributed by atoms with Gasteiger partial charge in [-0.15, -0.1) is 0 Å². The molecule has 8 heteroatoms. The van der Waals surface area contributed by atoms with Crippen LogP contribution in [0.5, 0.6) is 0 Å². The summed E-state index contributed by atoms with van der Waals surface area (Å²) in [5.41, 5.74) is 5.94. The molecule has 0 fully saturated rings. The van der Waals surface area contributed by atoms with E-state index >= 15 is 0 Å². The van der Waals surface area contributed by atoms with E-state index in [4.69, 9.17) is 9.51 Å². The predicted octanol–water partition coefficient (Wildman–Crippen LogP) is 5.88. The fourth-order valence-electron chi connectivity index (χ4n) is 4.98. The topological polar surface area (TPSA) is 93.8 Å². The second-order valence-corrected chi connectivity index (χ2v) is 9.89. The molecule has 40 heavy (non-hydrogen) atoms. The smallest absolute Gasteiger partial charge is 0.296 e. The summed E-state index contributed by atoms with van der Waals surface area (Å²) in [6.45, 7) is 4.42. The standard InChI is InChI=1S/C32H31FN4O3/c1-3-4-12-29-28(31(38)37(21(2)34-29)18-17-22-8-7-9-25(33)19-22)20-23-13-15-24(16-14-23)26-10-5-6-11-27(26)30-35-32(39)40-36-30/h5-11,13-16,19H,3-4,12,17-18,20H2,1-2H3,(H,35,36,39). The summed E-state index contributed by atoms with van der Waals surface area (Å²) in [5, 5.41) is 3.84. The van der Waals surface area contributed by atoms with E-state index in [1.807, 2.05) is 61.5 Å².